The Morgan fingerprint density at radius 2 is 2.20 bits per heavy atom. The van der Waals surface area contributed by atoms with Crippen LogP contribution in [0.2, 0.25) is 5.02 Å². The van der Waals surface area contributed by atoms with Crippen LogP contribution in [0.15, 0.2) is 42.6 Å². The number of carbonyl (C=O) groups excluding carboxylic acids is 1. The van der Waals surface area contributed by atoms with E-state index in [1.807, 2.05) is 30.3 Å². The molecule has 20 heavy (non-hydrogen) atoms. The molecular weight excluding hydrogens is 274 g/mol. The Bertz CT molecular complexity index is 630. The lowest BCUT2D eigenvalue weighted by Crippen LogP contribution is -2.39. The minimum Gasteiger partial charge on any atom is -0.324 e. The predicted molar refractivity (Wildman–Crippen MR) is 78.7 cm³/mol. The number of nitrogens with one attached hydrogen (secondary N) is 2. The van der Waals surface area contributed by atoms with Crippen LogP contribution in [0.25, 0.3) is 0 Å². The average Bonchev–Trinajstić information content (AvgIpc) is 2.59. The lowest BCUT2D eigenvalue weighted by atomic mass is 10.1. The van der Waals surface area contributed by atoms with Crippen molar-refractivity contribution in [3.05, 3.63) is 58.9 Å². The summed E-state index contributed by atoms with van der Waals surface area (Å²) in [6.07, 6.45) is 2.30. The molecule has 4 nitrogen and oxygen atoms in total. The smallest absolute Gasteiger partial charge is 0.241 e. The second-order valence-electron chi connectivity index (χ2n) is 4.75. The molecule has 1 amide bonds. The van der Waals surface area contributed by atoms with E-state index in [4.69, 9.17) is 11.6 Å². The van der Waals surface area contributed by atoms with Gasteiger partial charge in [-0.15, -0.1) is 0 Å². The fourth-order valence-corrected chi connectivity index (χ4v) is 2.43. The van der Waals surface area contributed by atoms with Crippen molar-refractivity contribution in [1.29, 1.82) is 0 Å². The third-order valence-corrected chi connectivity index (χ3v) is 3.56. The Balaban J connectivity index is 1.79. The van der Waals surface area contributed by atoms with E-state index in [2.05, 4.69) is 15.6 Å². The van der Waals surface area contributed by atoms with Crippen LogP contribution in [-0.4, -0.2) is 16.9 Å². The molecular formula is C15H14ClN3O. The number of halogens is 1. The summed E-state index contributed by atoms with van der Waals surface area (Å²) in [6.45, 7) is 0.628. The molecule has 1 aromatic heterocycles. The van der Waals surface area contributed by atoms with Crippen molar-refractivity contribution >= 4 is 23.2 Å². The molecule has 1 aliphatic heterocycles. The fraction of sp³-hybridized carbons (Fsp3) is 0.200. The quantitative estimate of drug-likeness (QED) is 0.892. The molecule has 0 saturated carbocycles. The van der Waals surface area contributed by atoms with Crippen LogP contribution in [0.5, 0.6) is 0 Å². The minimum absolute atomic E-state index is 0.0586. The first-order valence-corrected chi connectivity index (χ1v) is 6.83. The Morgan fingerprint density at radius 1 is 1.30 bits per heavy atom. The first-order valence-electron chi connectivity index (χ1n) is 6.45. The Morgan fingerprint density at radius 3 is 3.00 bits per heavy atom. The number of nitrogens with zero attached hydrogens (tertiary/aromatic N) is 1. The molecule has 0 aliphatic carbocycles. The molecule has 3 rings (SSSR count). The molecule has 0 radical (unpaired) electrons. The monoisotopic (exact) mass is 287 g/mol. The largest absolute Gasteiger partial charge is 0.324 e. The maximum Gasteiger partial charge on any atom is 0.241 e. The molecule has 1 atom stereocenters. The van der Waals surface area contributed by atoms with Gasteiger partial charge in [-0.2, -0.15) is 0 Å². The van der Waals surface area contributed by atoms with Gasteiger partial charge in [-0.1, -0.05) is 23.7 Å². The van der Waals surface area contributed by atoms with Crippen LogP contribution >= 0.6 is 11.6 Å². The van der Waals surface area contributed by atoms with Gasteiger partial charge in [0.05, 0.1) is 6.04 Å². The van der Waals surface area contributed by atoms with Crippen LogP contribution in [0.3, 0.4) is 0 Å². The van der Waals surface area contributed by atoms with E-state index in [9.17, 15) is 4.79 Å². The van der Waals surface area contributed by atoms with Gasteiger partial charge in [-0.05, 0) is 29.8 Å². The standard InChI is InChI=1S/C15H14ClN3O/c16-11-5-4-10-9-18-14(15(20)19-13(10)7-11)8-12-3-1-2-6-17-12/h1-7,14,18H,8-9H2,(H,19,20)/t14-/m1/s1. The average molecular weight is 288 g/mol. The molecule has 0 unspecified atom stereocenters. The van der Waals surface area contributed by atoms with Crippen molar-refractivity contribution in [3.63, 3.8) is 0 Å². The number of benzene rings is 1. The zero-order valence-corrected chi connectivity index (χ0v) is 11.5. The topological polar surface area (TPSA) is 54.0 Å². The van der Waals surface area contributed by atoms with Gasteiger partial charge in [-0.3, -0.25) is 9.78 Å². The van der Waals surface area contributed by atoms with Crippen LogP contribution in [-0.2, 0) is 17.8 Å². The van der Waals surface area contributed by atoms with Gasteiger partial charge in [0.25, 0.3) is 0 Å². The Hall–Kier alpha value is -1.91. The molecule has 1 aromatic carbocycles. The lowest BCUT2D eigenvalue weighted by Gasteiger charge is -2.13. The van der Waals surface area contributed by atoms with Crippen molar-refractivity contribution in [2.45, 2.75) is 19.0 Å². The third-order valence-electron chi connectivity index (χ3n) is 3.32. The number of hydrogen-bond acceptors (Lipinski definition) is 3. The van der Waals surface area contributed by atoms with E-state index in [-0.39, 0.29) is 11.9 Å². The van der Waals surface area contributed by atoms with Crippen LogP contribution in [0.1, 0.15) is 11.3 Å². The summed E-state index contributed by atoms with van der Waals surface area (Å²) in [5, 5.41) is 6.80. The second-order valence-corrected chi connectivity index (χ2v) is 5.19. The SMILES string of the molecule is O=C1Nc2cc(Cl)ccc2CN[C@@H]1Cc1ccccn1. The summed E-state index contributed by atoms with van der Waals surface area (Å²) in [5.74, 6) is -0.0586. The zero-order valence-electron chi connectivity index (χ0n) is 10.8. The van der Waals surface area contributed by atoms with E-state index in [0.29, 0.717) is 18.0 Å². The van der Waals surface area contributed by atoms with E-state index in [1.54, 1.807) is 12.3 Å². The highest BCUT2D eigenvalue weighted by Crippen LogP contribution is 2.23. The first-order chi connectivity index (χ1) is 9.72. The van der Waals surface area contributed by atoms with Gasteiger partial charge in [0.2, 0.25) is 5.91 Å². The van der Waals surface area contributed by atoms with Gasteiger partial charge in [0.15, 0.2) is 0 Å². The molecule has 0 saturated heterocycles. The number of fused-ring (bicyclic) bond motifs is 1. The molecule has 2 aromatic rings. The maximum atomic E-state index is 12.2. The fourth-order valence-electron chi connectivity index (χ4n) is 2.26. The Labute approximate surface area is 122 Å². The molecule has 0 fully saturated rings. The van der Waals surface area contributed by atoms with Crippen LogP contribution in [0.4, 0.5) is 5.69 Å². The maximum absolute atomic E-state index is 12.2. The summed E-state index contributed by atoms with van der Waals surface area (Å²) in [7, 11) is 0. The van der Waals surface area contributed by atoms with E-state index in [0.717, 1.165) is 16.9 Å². The van der Waals surface area contributed by atoms with Crippen molar-refractivity contribution in [2.75, 3.05) is 5.32 Å². The van der Waals surface area contributed by atoms with Gasteiger partial charge >= 0.3 is 0 Å². The highest BCUT2D eigenvalue weighted by Gasteiger charge is 2.23. The number of rotatable bonds is 2. The minimum atomic E-state index is -0.295. The van der Waals surface area contributed by atoms with Crippen molar-refractivity contribution < 1.29 is 4.79 Å². The number of amides is 1. The highest BCUT2D eigenvalue weighted by atomic mass is 35.5. The molecule has 0 spiro atoms. The van der Waals surface area contributed by atoms with Crippen molar-refractivity contribution in [3.8, 4) is 0 Å². The zero-order chi connectivity index (χ0) is 13.9. The molecule has 2 N–H and O–H groups in total. The Kier molecular flexibility index (Phi) is 3.67. The summed E-state index contributed by atoms with van der Waals surface area (Å²) in [6, 6.07) is 10.9. The first kappa shape index (κ1) is 13.1. The predicted octanol–water partition coefficient (Wildman–Crippen LogP) is 2.39. The lowest BCUT2D eigenvalue weighted by molar-refractivity contribution is -0.118. The second kappa shape index (κ2) is 5.61. The number of carbonyl (C=O) groups is 1. The van der Waals surface area contributed by atoms with Gasteiger partial charge in [0, 0.05) is 35.6 Å². The molecule has 0 bridgehead atoms. The van der Waals surface area contributed by atoms with Gasteiger partial charge in [-0.25, -0.2) is 0 Å². The summed E-state index contributed by atoms with van der Waals surface area (Å²) in [5.41, 5.74) is 2.70. The van der Waals surface area contributed by atoms with Crippen molar-refractivity contribution in [1.82, 2.24) is 10.3 Å². The van der Waals surface area contributed by atoms with E-state index >= 15 is 0 Å². The normalized spacial score (nSPS) is 18.1. The van der Waals surface area contributed by atoms with Gasteiger partial charge < -0.3 is 10.6 Å². The molecule has 2 heterocycles. The van der Waals surface area contributed by atoms with Crippen molar-refractivity contribution in [2.24, 2.45) is 0 Å². The molecule has 5 heteroatoms. The number of anilines is 1. The van der Waals surface area contributed by atoms with Crippen LogP contribution < -0.4 is 10.6 Å². The number of hydrogen-bond donors (Lipinski definition) is 2. The highest BCUT2D eigenvalue weighted by molar-refractivity contribution is 6.31. The van der Waals surface area contributed by atoms with E-state index in [1.165, 1.54) is 0 Å². The molecule has 102 valence electrons. The number of aromatic nitrogens is 1. The van der Waals surface area contributed by atoms with Gasteiger partial charge in [0.1, 0.15) is 0 Å². The number of pyridine rings is 1. The van der Waals surface area contributed by atoms with Crippen LogP contribution in [0, 0.1) is 0 Å². The third kappa shape index (κ3) is 2.81. The summed E-state index contributed by atoms with van der Waals surface area (Å²) in [4.78, 5) is 16.5. The van der Waals surface area contributed by atoms with E-state index < -0.39 is 0 Å². The molecule has 1 aliphatic rings. The summed E-state index contributed by atoms with van der Waals surface area (Å²) >= 11 is 5.96. The summed E-state index contributed by atoms with van der Waals surface area (Å²) < 4.78 is 0.